The topological polar surface area (TPSA) is 33.1 Å². The third-order valence-corrected chi connectivity index (χ3v) is 2.04. The summed E-state index contributed by atoms with van der Waals surface area (Å²) in [5, 5.41) is 9.17. The highest BCUT2D eigenvalue weighted by Gasteiger charge is 2.04. The summed E-state index contributed by atoms with van der Waals surface area (Å²) >= 11 is 0. The van der Waals surface area contributed by atoms with Crippen LogP contribution in [0.3, 0.4) is 0 Å². The molecule has 2 nitrogen and oxygen atoms in total. The van der Waals surface area contributed by atoms with Crippen molar-refractivity contribution in [1.29, 1.82) is 0 Å². The zero-order valence-electron chi connectivity index (χ0n) is 7.62. The van der Waals surface area contributed by atoms with Crippen LogP contribution in [0.15, 0.2) is 18.5 Å². The molecule has 0 bridgehead atoms. The van der Waals surface area contributed by atoms with E-state index in [0.29, 0.717) is 5.92 Å². The number of hydrogen-bond donors (Lipinski definition) is 1. The summed E-state index contributed by atoms with van der Waals surface area (Å²) in [5.41, 5.74) is 1.12. The van der Waals surface area contributed by atoms with Crippen molar-refractivity contribution in [2.45, 2.75) is 32.6 Å². The normalized spacial score (nSPS) is 12.8. The van der Waals surface area contributed by atoms with Crippen molar-refractivity contribution < 1.29 is 5.11 Å². The lowest BCUT2D eigenvalue weighted by atomic mass is 9.98. The third kappa shape index (κ3) is 2.22. The molecule has 66 valence electrons. The Morgan fingerprint density at radius 3 is 2.83 bits per heavy atom. The van der Waals surface area contributed by atoms with E-state index < -0.39 is 0 Å². The van der Waals surface area contributed by atoms with Gasteiger partial charge in [-0.25, -0.2) is 0 Å². The summed E-state index contributed by atoms with van der Waals surface area (Å²) in [6.07, 6.45) is 5.59. The Morgan fingerprint density at radius 1 is 1.50 bits per heavy atom. The summed E-state index contributed by atoms with van der Waals surface area (Å²) < 4.78 is 0. The van der Waals surface area contributed by atoms with Crippen LogP contribution in [0, 0.1) is 0 Å². The first-order chi connectivity index (χ1) is 5.74. The number of hydrogen-bond acceptors (Lipinski definition) is 2. The van der Waals surface area contributed by atoms with E-state index in [1.165, 1.54) is 6.20 Å². The average Bonchev–Trinajstić information content (AvgIpc) is 2.05. The zero-order chi connectivity index (χ0) is 8.97. The van der Waals surface area contributed by atoms with Gasteiger partial charge in [0.1, 0.15) is 5.75 Å². The molecule has 0 unspecified atom stereocenters. The lowest BCUT2D eigenvalue weighted by molar-refractivity contribution is 0.470. The van der Waals surface area contributed by atoms with Crippen molar-refractivity contribution in [3.05, 3.63) is 24.0 Å². The minimum atomic E-state index is 0.260. The van der Waals surface area contributed by atoms with Crippen LogP contribution in [0.1, 0.15) is 38.2 Å². The van der Waals surface area contributed by atoms with Crippen molar-refractivity contribution in [1.82, 2.24) is 4.98 Å². The van der Waals surface area contributed by atoms with Crippen LogP contribution in [0.4, 0.5) is 0 Å². The lowest BCUT2D eigenvalue weighted by Gasteiger charge is -2.09. The Kier molecular flexibility index (Phi) is 3.09. The minimum Gasteiger partial charge on any atom is -0.506 e. The van der Waals surface area contributed by atoms with Crippen LogP contribution in [-0.4, -0.2) is 10.1 Å². The molecule has 0 aromatic carbocycles. The Labute approximate surface area is 73.3 Å². The molecule has 0 amide bonds. The van der Waals surface area contributed by atoms with Crippen LogP contribution in [0.2, 0.25) is 0 Å². The van der Waals surface area contributed by atoms with Gasteiger partial charge in [0.05, 0.1) is 6.20 Å². The number of aromatic hydroxyl groups is 1. The summed E-state index contributed by atoms with van der Waals surface area (Å²) in [5.74, 6) is 0.755. The number of aromatic nitrogens is 1. The number of rotatable bonds is 3. The van der Waals surface area contributed by atoms with E-state index in [1.807, 2.05) is 6.20 Å². The fraction of sp³-hybridized carbons (Fsp3) is 0.500. The molecule has 1 atom stereocenters. The molecular formula is C10H15NO. The monoisotopic (exact) mass is 165 g/mol. The fourth-order valence-corrected chi connectivity index (χ4v) is 1.31. The van der Waals surface area contributed by atoms with Crippen molar-refractivity contribution >= 4 is 0 Å². The molecule has 12 heavy (non-hydrogen) atoms. The SMILES string of the molecule is CCC[C@@H](C)c1cncc(O)c1. The smallest absolute Gasteiger partial charge is 0.134 e. The summed E-state index contributed by atoms with van der Waals surface area (Å²) in [6, 6.07) is 1.79. The van der Waals surface area contributed by atoms with E-state index in [-0.39, 0.29) is 5.75 Å². The molecule has 0 fully saturated rings. The molecule has 0 radical (unpaired) electrons. The van der Waals surface area contributed by atoms with Crippen LogP contribution < -0.4 is 0 Å². The van der Waals surface area contributed by atoms with E-state index >= 15 is 0 Å². The van der Waals surface area contributed by atoms with Crippen molar-refractivity contribution in [2.24, 2.45) is 0 Å². The Hall–Kier alpha value is -1.05. The Balaban J connectivity index is 2.73. The van der Waals surface area contributed by atoms with Gasteiger partial charge in [0.2, 0.25) is 0 Å². The van der Waals surface area contributed by atoms with Crippen LogP contribution in [-0.2, 0) is 0 Å². The molecule has 0 aliphatic heterocycles. The molecule has 0 saturated heterocycles. The van der Waals surface area contributed by atoms with Crippen LogP contribution in [0.5, 0.6) is 5.75 Å². The first-order valence-corrected chi connectivity index (χ1v) is 4.38. The van der Waals surface area contributed by atoms with E-state index in [2.05, 4.69) is 18.8 Å². The van der Waals surface area contributed by atoms with Gasteiger partial charge in [-0.05, 0) is 24.0 Å². The minimum absolute atomic E-state index is 0.260. The summed E-state index contributed by atoms with van der Waals surface area (Å²) in [4.78, 5) is 3.94. The highest BCUT2D eigenvalue weighted by Crippen LogP contribution is 2.21. The van der Waals surface area contributed by atoms with E-state index in [9.17, 15) is 0 Å². The fourth-order valence-electron chi connectivity index (χ4n) is 1.31. The summed E-state index contributed by atoms with van der Waals surface area (Å²) in [6.45, 7) is 4.31. The molecule has 0 saturated carbocycles. The molecule has 2 heteroatoms. The van der Waals surface area contributed by atoms with Gasteiger partial charge in [0.25, 0.3) is 0 Å². The molecule has 1 N–H and O–H groups in total. The quantitative estimate of drug-likeness (QED) is 0.747. The maximum Gasteiger partial charge on any atom is 0.134 e. The maximum absolute atomic E-state index is 9.17. The predicted octanol–water partition coefficient (Wildman–Crippen LogP) is 2.69. The largest absolute Gasteiger partial charge is 0.506 e. The second kappa shape index (κ2) is 4.10. The molecule has 1 rings (SSSR count). The van der Waals surface area contributed by atoms with Crippen molar-refractivity contribution in [2.75, 3.05) is 0 Å². The van der Waals surface area contributed by atoms with Crippen molar-refractivity contribution in [3.8, 4) is 5.75 Å². The van der Waals surface area contributed by atoms with Gasteiger partial charge in [-0.2, -0.15) is 0 Å². The molecule has 0 spiro atoms. The summed E-state index contributed by atoms with van der Waals surface area (Å²) in [7, 11) is 0. The van der Waals surface area contributed by atoms with Crippen molar-refractivity contribution in [3.63, 3.8) is 0 Å². The first kappa shape index (κ1) is 9.04. The second-order valence-electron chi connectivity index (χ2n) is 3.17. The van der Waals surface area contributed by atoms with Gasteiger partial charge >= 0.3 is 0 Å². The van der Waals surface area contributed by atoms with Gasteiger partial charge in [0, 0.05) is 6.20 Å². The highest BCUT2D eigenvalue weighted by molar-refractivity contribution is 5.24. The van der Waals surface area contributed by atoms with Gasteiger partial charge in [-0.1, -0.05) is 20.3 Å². The van der Waals surface area contributed by atoms with Gasteiger partial charge in [-0.3, -0.25) is 4.98 Å². The van der Waals surface area contributed by atoms with E-state index in [1.54, 1.807) is 6.07 Å². The molecular weight excluding hydrogens is 150 g/mol. The van der Waals surface area contributed by atoms with Crippen LogP contribution >= 0.6 is 0 Å². The lowest BCUT2D eigenvalue weighted by Crippen LogP contribution is -1.92. The van der Waals surface area contributed by atoms with Gasteiger partial charge < -0.3 is 5.11 Å². The average molecular weight is 165 g/mol. The Morgan fingerprint density at radius 2 is 2.25 bits per heavy atom. The predicted molar refractivity (Wildman–Crippen MR) is 49.2 cm³/mol. The maximum atomic E-state index is 9.17. The molecule has 0 aliphatic carbocycles. The molecule has 1 aromatic heterocycles. The number of pyridine rings is 1. The standard InChI is InChI=1S/C10H15NO/c1-3-4-8(2)9-5-10(12)7-11-6-9/h5-8,12H,3-4H2,1-2H3/t8-/m1/s1. The molecule has 1 heterocycles. The van der Waals surface area contributed by atoms with Crippen LogP contribution in [0.25, 0.3) is 0 Å². The van der Waals surface area contributed by atoms with Gasteiger partial charge in [-0.15, -0.1) is 0 Å². The van der Waals surface area contributed by atoms with E-state index in [4.69, 9.17) is 5.11 Å². The zero-order valence-corrected chi connectivity index (χ0v) is 7.62. The molecule has 1 aromatic rings. The second-order valence-corrected chi connectivity index (χ2v) is 3.17. The molecule has 0 aliphatic rings. The first-order valence-electron chi connectivity index (χ1n) is 4.38. The third-order valence-electron chi connectivity index (χ3n) is 2.04. The van der Waals surface area contributed by atoms with Gasteiger partial charge in [0.15, 0.2) is 0 Å². The van der Waals surface area contributed by atoms with E-state index in [0.717, 1.165) is 18.4 Å². The Bertz CT molecular complexity index is 247. The highest BCUT2D eigenvalue weighted by atomic mass is 16.3. The number of nitrogens with zero attached hydrogens (tertiary/aromatic N) is 1.